The summed E-state index contributed by atoms with van der Waals surface area (Å²) in [7, 11) is 0. The first-order chi connectivity index (χ1) is 12.0. The van der Waals surface area contributed by atoms with Gasteiger partial charge >= 0.3 is 5.97 Å². The first kappa shape index (κ1) is 19.7. The number of rotatable bonds is 6. The van der Waals surface area contributed by atoms with E-state index >= 15 is 0 Å². The number of likely N-dealkylation sites (tertiary alicyclic amines) is 1. The van der Waals surface area contributed by atoms with Gasteiger partial charge in [0.05, 0.1) is 12.5 Å². The fourth-order valence-electron chi connectivity index (χ4n) is 3.18. The van der Waals surface area contributed by atoms with Gasteiger partial charge in [-0.3, -0.25) is 9.59 Å². The Bertz CT molecular complexity index is 605. The van der Waals surface area contributed by atoms with Gasteiger partial charge < -0.3 is 9.64 Å². The van der Waals surface area contributed by atoms with E-state index in [-0.39, 0.29) is 17.8 Å². The van der Waals surface area contributed by atoms with E-state index < -0.39 is 0 Å². The van der Waals surface area contributed by atoms with Crippen LogP contribution in [0.2, 0.25) is 0 Å². The van der Waals surface area contributed by atoms with Gasteiger partial charge in [0.15, 0.2) is 5.16 Å². The third-order valence-corrected chi connectivity index (χ3v) is 5.19. The Labute approximate surface area is 153 Å². The van der Waals surface area contributed by atoms with Gasteiger partial charge in [0.2, 0.25) is 5.91 Å². The number of hydrogen-bond acceptors (Lipinski definition) is 6. The predicted molar refractivity (Wildman–Crippen MR) is 97.5 cm³/mol. The Morgan fingerprint density at radius 1 is 1.20 bits per heavy atom. The zero-order valence-electron chi connectivity index (χ0n) is 15.5. The van der Waals surface area contributed by atoms with Gasteiger partial charge in [-0.05, 0) is 51.9 Å². The van der Waals surface area contributed by atoms with Crippen LogP contribution in [0.5, 0.6) is 0 Å². The van der Waals surface area contributed by atoms with Crippen LogP contribution in [0.4, 0.5) is 0 Å². The molecular weight excluding hydrogens is 338 g/mol. The lowest BCUT2D eigenvalue weighted by Crippen LogP contribution is -2.40. The Hall–Kier alpha value is -1.63. The van der Waals surface area contributed by atoms with E-state index in [1.54, 1.807) is 0 Å². The maximum Gasteiger partial charge on any atom is 0.309 e. The second kappa shape index (κ2) is 9.17. The van der Waals surface area contributed by atoms with E-state index in [4.69, 9.17) is 4.74 Å². The Balaban J connectivity index is 1.87. The minimum atomic E-state index is -0.133. The Morgan fingerprint density at radius 2 is 1.80 bits per heavy atom. The minimum Gasteiger partial charge on any atom is -0.466 e. The van der Waals surface area contributed by atoms with Crippen LogP contribution >= 0.6 is 11.8 Å². The van der Waals surface area contributed by atoms with Crippen molar-refractivity contribution in [3.63, 3.8) is 0 Å². The topological polar surface area (TPSA) is 72.4 Å². The number of aryl methyl sites for hydroxylation is 2. The van der Waals surface area contributed by atoms with Gasteiger partial charge in [-0.25, -0.2) is 9.97 Å². The van der Waals surface area contributed by atoms with E-state index in [2.05, 4.69) is 9.97 Å². The van der Waals surface area contributed by atoms with Crippen LogP contribution in [0.3, 0.4) is 0 Å². The number of piperidine rings is 1. The van der Waals surface area contributed by atoms with Crippen LogP contribution in [0.1, 0.15) is 43.1 Å². The first-order valence-electron chi connectivity index (χ1n) is 8.78. The number of esters is 1. The van der Waals surface area contributed by atoms with Crippen LogP contribution in [0.15, 0.2) is 5.16 Å². The van der Waals surface area contributed by atoms with E-state index in [0.29, 0.717) is 45.4 Å². The van der Waals surface area contributed by atoms with Gasteiger partial charge in [0.1, 0.15) is 0 Å². The average Bonchev–Trinajstić information content (AvgIpc) is 2.61. The molecule has 2 rings (SSSR count). The summed E-state index contributed by atoms with van der Waals surface area (Å²) in [6.07, 6.45) is 4.44. The van der Waals surface area contributed by atoms with Gasteiger partial charge in [-0.2, -0.15) is 0 Å². The molecule has 1 saturated heterocycles. The molecule has 1 aliphatic heterocycles. The molecule has 1 amide bonds. The smallest absolute Gasteiger partial charge is 0.309 e. The highest BCUT2D eigenvalue weighted by Crippen LogP contribution is 2.21. The molecule has 1 fully saturated rings. The summed E-state index contributed by atoms with van der Waals surface area (Å²) in [5.41, 5.74) is 2.96. The monoisotopic (exact) mass is 365 g/mol. The first-order valence-corrected chi connectivity index (χ1v) is 10.0. The standard InChI is InChI=1S/C18H27N3O3S/c1-5-24-17(23)14-8-10-21(11-9-14)16(22)7-6-15-12(2)19-18(25-4)20-13(15)3/h14H,5-11H2,1-4H3. The average molecular weight is 365 g/mol. The molecule has 6 nitrogen and oxygen atoms in total. The van der Waals surface area contributed by atoms with Crippen molar-refractivity contribution in [2.24, 2.45) is 5.92 Å². The van der Waals surface area contributed by atoms with E-state index in [1.165, 1.54) is 11.8 Å². The van der Waals surface area contributed by atoms with Gasteiger partial charge in [0, 0.05) is 30.9 Å². The normalized spacial score (nSPS) is 15.3. The molecule has 25 heavy (non-hydrogen) atoms. The molecule has 0 aliphatic carbocycles. The number of carbonyl (C=O) groups is 2. The number of aromatic nitrogens is 2. The zero-order valence-corrected chi connectivity index (χ0v) is 16.3. The number of amides is 1. The molecule has 0 saturated carbocycles. The van der Waals surface area contributed by atoms with Crippen molar-refractivity contribution in [2.45, 2.75) is 51.6 Å². The molecule has 1 aromatic heterocycles. The third-order valence-electron chi connectivity index (χ3n) is 4.64. The molecule has 0 bridgehead atoms. The predicted octanol–water partition coefficient (Wildman–Crippen LogP) is 2.55. The van der Waals surface area contributed by atoms with Crippen LogP contribution in [0.25, 0.3) is 0 Å². The molecule has 0 unspecified atom stereocenters. The number of thioether (sulfide) groups is 1. The van der Waals surface area contributed by atoms with Gasteiger partial charge in [0.25, 0.3) is 0 Å². The second-order valence-electron chi connectivity index (χ2n) is 6.27. The number of hydrogen-bond donors (Lipinski definition) is 0. The molecule has 0 atom stereocenters. The highest BCUT2D eigenvalue weighted by atomic mass is 32.2. The second-order valence-corrected chi connectivity index (χ2v) is 7.04. The lowest BCUT2D eigenvalue weighted by atomic mass is 9.96. The molecule has 2 heterocycles. The van der Waals surface area contributed by atoms with Crippen LogP contribution < -0.4 is 0 Å². The highest BCUT2D eigenvalue weighted by Gasteiger charge is 2.28. The van der Waals surface area contributed by atoms with Crippen molar-refractivity contribution in [1.29, 1.82) is 0 Å². The minimum absolute atomic E-state index is 0.0685. The number of nitrogens with zero attached hydrogens (tertiary/aromatic N) is 3. The summed E-state index contributed by atoms with van der Waals surface area (Å²) in [5, 5.41) is 0.770. The summed E-state index contributed by atoms with van der Waals surface area (Å²) >= 11 is 1.52. The zero-order chi connectivity index (χ0) is 18.4. The molecule has 1 aromatic rings. The van der Waals surface area contributed by atoms with Crippen molar-refractivity contribution >= 4 is 23.6 Å². The van der Waals surface area contributed by atoms with Gasteiger partial charge in [-0.1, -0.05) is 11.8 Å². The van der Waals surface area contributed by atoms with Crippen LogP contribution in [-0.2, 0) is 20.7 Å². The lowest BCUT2D eigenvalue weighted by molar-refractivity contribution is -0.151. The van der Waals surface area contributed by atoms with Crippen LogP contribution in [0, 0.1) is 19.8 Å². The molecular formula is C18H27N3O3S. The maximum absolute atomic E-state index is 12.5. The fourth-order valence-corrected chi connectivity index (χ4v) is 3.63. The molecule has 7 heteroatoms. The molecule has 138 valence electrons. The molecule has 0 N–H and O–H groups in total. The Morgan fingerprint density at radius 3 is 2.32 bits per heavy atom. The third kappa shape index (κ3) is 5.17. The molecule has 0 spiro atoms. The fraction of sp³-hybridized carbons (Fsp3) is 0.667. The number of ether oxygens (including phenoxy) is 1. The van der Waals surface area contributed by atoms with E-state index in [1.807, 2.05) is 31.9 Å². The summed E-state index contributed by atoms with van der Waals surface area (Å²) in [6.45, 7) is 7.42. The van der Waals surface area contributed by atoms with E-state index in [0.717, 1.165) is 22.1 Å². The molecule has 0 radical (unpaired) electrons. The van der Waals surface area contributed by atoms with Crippen molar-refractivity contribution in [1.82, 2.24) is 14.9 Å². The summed E-state index contributed by atoms with van der Waals surface area (Å²) in [6, 6.07) is 0. The summed E-state index contributed by atoms with van der Waals surface area (Å²) < 4.78 is 5.07. The highest BCUT2D eigenvalue weighted by molar-refractivity contribution is 7.98. The van der Waals surface area contributed by atoms with Crippen molar-refractivity contribution in [3.05, 3.63) is 17.0 Å². The van der Waals surface area contributed by atoms with Crippen molar-refractivity contribution < 1.29 is 14.3 Å². The molecule has 0 aromatic carbocycles. The Kier molecular flexibility index (Phi) is 7.23. The lowest BCUT2D eigenvalue weighted by Gasteiger charge is -2.31. The SMILES string of the molecule is CCOC(=O)C1CCN(C(=O)CCc2c(C)nc(SC)nc2C)CC1. The number of carbonyl (C=O) groups excluding carboxylic acids is 2. The van der Waals surface area contributed by atoms with Crippen molar-refractivity contribution in [3.8, 4) is 0 Å². The van der Waals surface area contributed by atoms with Crippen LogP contribution in [-0.4, -0.2) is 52.7 Å². The van der Waals surface area contributed by atoms with E-state index in [9.17, 15) is 9.59 Å². The summed E-state index contributed by atoms with van der Waals surface area (Å²) in [5.74, 6) is -0.0667. The largest absolute Gasteiger partial charge is 0.466 e. The van der Waals surface area contributed by atoms with Gasteiger partial charge in [-0.15, -0.1) is 0 Å². The summed E-state index contributed by atoms with van der Waals surface area (Å²) in [4.78, 5) is 35.0. The molecule has 1 aliphatic rings. The quantitative estimate of drug-likeness (QED) is 0.438. The maximum atomic E-state index is 12.5. The van der Waals surface area contributed by atoms with Crippen molar-refractivity contribution in [2.75, 3.05) is 26.0 Å².